The summed E-state index contributed by atoms with van der Waals surface area (Å²) >= 11 is 1.66. The number of ether oxygens (including phenoxy) is 3. The van der Waals surface area contributed by atoms with Crippen molar-refractivity contribution < 1.29 is 19.0 Å². The summed E-state index contributed by atoms with van der Waals surface area (Å²) in [6.45, 7) is 6.15. The summed E-state index contributed by atoms with van der Waals surface area (Å²) in [5.41, 5.74) is 0.777. The molecule has 23 heavy (non-hydrogen) atoms. The molecule has 1 rings (SSSR count). The molecule has 0 fully saturated rings. The maximum atomic E-state index is 11.7. The molecule has 1 amide bonds. The van der Waals surface area contributed by atoms with Crippen molar-refractivity contribution >= 4 is 23.4 Å². The van der Waals surface area contributed by atoms with Crippen molar-refractivity contribution in [3.8, 4) is 5.75 Å². The van der Waals surface area contributed by atoms with Crippen molar-refractivity contribution in [3.63, 3.8) is 0 Å². The Hall–Kier alpha value is -1.24. The number of rotatable bonds is 12. The summed E-state index contributed by atoms with van der Waals surface area (Å²) in [5.74, 6) is 1.60. The lowest BCUT2D eigenvalue weighted by molar-refractivity contribution is -0.115. The minimum atomic E-state index is -0.0779. The van der Waals surface area contributed by atoms with E-state index in [1.807, 2.05) is 44.4 Å². The fourth-order valence-corrected chi connectivity index (χ4v) is 2.26. The van der Waals surface area contributed by atoms with Crippen LogP contribution in [0.2, 0.25) is 0 Å². The van der Waals surface area contributed by atoms with Crippen LogP contribution in [-0.4, -0.2) is 50.4 Å². The van der Waals surface area contributed by atoms with Crippen molar-refractivity contribution in [1.82, 2.24) is 0 Å². The summed E-state index contributed by atoms with van der Waals surface area (Å²) in [6.07, 6.45) is 2.43. The number of thioether (sulfide) groups is 1. The molecule has 130 valence electrons. The third kappa shape index (κ3) is 8.83. The van der Waals surface area contributed by atoms with E-state index in [4.69, 9.17) is 14.2 Å². The smallest absolute Gasteiger partial charge is 0.225 e. The van der Waals surface area contributed by atoms with E-state index in [-0.39, 0.29) is 12.0 Å². The molecule has 1 aromatic rings. The molecular weight excluding hydrogens is 314 g/mol. The normalized spacial score (nSPS) is 12.0. The number of benzene rings is 1. The van der Waals surface area contributed by atoms with Gasteiger partial charge >= 0.3 is 0 Å². The van der Waals surface area contributed by atoms with Crippen molar-refractivity contribution in [2.75, 3.05) is 43.8 Å². The highest BCUT2D eigenvalue weighted by molar-refractivity contribution is 7.98. The summed E-state index contributed by atoms with van der Waals surface area (Å²) in [7, 11) is 0. The Morgan fingerprint density at radius 2 is 1.91 bits per heavy atom. The van der Waals surface area contributed by atoms with Gasteiger partial charge in [0.25, 0.3) is 0 Å². The third-order valence-corrected chi connectivity index (χ3v) is 3.63. The Bertz CT molecular complexity index is 439. The molecule has 1 unspecified atom stereocenters. The number of nitrogens with one attached hydrogen (secondary N) is 1. The van der Waals surface area contributed by atoms with Crippen molar-refractivity contribution in [2.24, 2.45) is 0 Å². The Morgan fingerprint density at radius 3 is 2.52 bits per heavy atom. The average molecular weight is 341 g/mol. The first-order valence-corrected chi connectivity index (χ1v) is 9.30. The second-order valence-electron chi connectivity index (χ2n) is 4.86. The molecule has 0 aliphatic heterocycles. The highest BCUT2D eigenvalue weighted by Crippen LogP contribution is 2.16. The van der Waals surface area contributed by atoms with Gasteiger partial charge in [-0.1, -0.05) is 0 Å². The van der Waals surface area contributed by atoms with E-state index in [0.717, 1.165) is 17.2 Å². The Labute approximate surface area is 143 Å². The Kier molecular flexibility index (Phi) is 10.5. The summed E-state index contributed by atoms with van der Waals surface area (Å²) in [5, 5.41) is 2.86. The van der Waals surface area contributed by atoms with Gasteiger partial charge in [-0.05, 0) is 44.4 Å². The largest absolute Gasteiger partial charge is 0.491 e. The van der Waals surface area contributed by atoms with Gasteiger partial charge in [-0.15, -0.1) is 0 Å². The molecule has 0 spiro atoms. The molecule has 0 heterocycles. The molecule has 0 saturated carbocycles. The highest BCUT2D eigenvalue weighted by atomic mass is 32.2. The fourth-order valence-electron chi connectivity index (χ4n) is 1.87. The standard InChI is InChI=1S/C17H27NO4S/c1-4-20-12-16(21-5-2)13-22-15-8-6-14(7-9-15)18-17(19)10-11-23-3/h6-9,16H,4-5,10-13H2,1-3H3,(H,18,19). The lowest BCUT2D eigenvalue weighted by atomic mass is 10.3. The van der Waals surface area contributed by atoms with E-state index in [2.05, 4.69) is 5.32 Å². The van der Waals surface area contributed by atoms with Crippen LogP contribution in [0.15, 0.2) is 24.3 Å². The van der Waals surface area contributed by atoms with Gasteiger partial charge in [-0.2, -0.15) is 11.8 Å². The zero-order valence-corrected chi connectivity index (χ0v) is 15.0. The number of hydrogen-bond acceptors (Lipinski definition) is 5. The van der Waals surface area contributed by atoms with Gasteiger partial charge in [-0.25, -0.2) is 0 Å². The predicted molar refractivity (Wildman–Crippen MR) is 95.5 cm³/mol. The Morgan fingerprint density at radius 1 is 1.17 bits per heavy atom. The lowest BCUT2D eigenvalue weighted by Gasteiger charge is -2.17. The third-order valence-electron chi connectivity index (χ3n) is 3.02. The summed E-state index contributed by atoms with van der Waals surface area (Å²) in [4.78, 5) is 11.7. The van der Waals surface area contributed by atoms with Crippen molar-refractivity contribution in [2.45, 2.75) is 26.4 Å². The van der Waals surface area contributed by atoms with Gasteiger partial charge in [0, 0.05) is 31.1 Å². The van der Waals surface area contributed by atoms with E-state index in [9.17, 15) is 4.79 Å². The van der Waals surface area contributed by atoms with Crippen LogP contribution >= 0.6 is 11.8 Å². The second-order valence-corrected chi connectivity index (χ2v) is 5.85. The molecule has 5 nitrogen and oxygen atoms in total. The van der Waals surface area contributed by atoms with Crippen LogP contribution in [-0.2, 0) is 14.3 Å². The van der Waals surface area contributed by atoms with Gasteiger partial charge in [-0.3, -0.25) is 4.79 Å². The van der Waals surface area contributed by atoms with E-state index >= 15 is 0 Å². The molecule has 1 N–H and O–H groups in total. The molecule has 0 saturated heterocycles. The molecule has 1 aromatic carbocycles. The van der Waals surface area contributed by atoms with Crippen LogP contribution in [0.4, 0.5) is 5.69 Å². The first-order chi connectivity index (χ1) is 11.2. The molecule has 6 heteroatoms. The molecule has 0 aliphatic carbocycles. The molecule has 1 atom stereocenters. The molecular formula is C17H27NO4S. The van der Waals surface area contributed by atoms with Gasteiger partial charge in [0.05, 0.1) is 6.61 Å². The predicted octanol–water partition coefficient (Wildman–Crippen LogP) is 3.20. The first-order valence-electron chi connectivity index (χ1n) is 7.90. The van der Waals surface area contributed by atoms with Gasteiger partial charge in [0.1, 0.15) is 18.5 Å². The second kappa shape index (κ2) is 12.2. The van der Waals surface area contributed by atoms with Gasteiger partial charge < -0.3 is 19.5 Å². The zero-order valence-electron chi connectivity index (χ0n) is 14.2. The van der Waals surface area contributed by atoms with Crippen LogP contribution in [0, 0.1) is 0 Å². The van der Waals surface area contributed by atoms with Crippen molar-refractivity contribution in [1.29, 1.82) is 0 Å². The average Bonchev–Trinajstić information content (AvgIpc) is 2.56. The number of carbonyl (C=O) groups is 1. The minimum Gasteiger partial charge on any atom is -0.491 e. The number of hydrogen-bond donors (Lipinski definition) is 1. The Balaban J connectivity index is 2.41. The first kappa shape index (κ1) is 19.8. The summed E-state index contributed by atoms with van der Waals surface area (Å²) in [6, 6.07) is 7.36. The van der Waals surface area contributed by atoms with Crippen molar-refractivity contribution in [3.05, 3.63) is 24.3 Å². The van der Waals surface area contributed by atoms with E-state index in [0.29, 0.717) is 32.8 Å². The monoisotopic (exact) mass is 341 g/mol. The van der Waals surface area contributed by atoms with Gasteiger partial charge in [0.15, 0.2) is 0 Å². The van der Waals surface area contributed by atoms with Crippen LogP contribution < -0.4 is 10.1 Å². The summed E-state index contributed by atoms with van der Waals surface area (Å²) < 4.78 is 16.7. The van der Waals surface area contributed by atoms with Crippen LogP contribution in [0.5, 0.6) is 5.75 Å². The fraction of sp³-hybridized carbons (Fsp3) is 0.588. The van der Waals surface area contributed by atoms with Crippen LogP contribution in [0.25, 0.3) is 0 Å². The van der Waals surface area contributed by atoms with Crippen LogP contribution in [0.1, 0.15) is 20.3 Å². The molecule has 0 aromatic heterocycles. The topological polar surface area (TPSA) is 56.8 Å². The van der Waals surface area contributed by atoms with E-state index < -0.39 is 0 Å². The molecule has 0 radical (unpaired) electrons. The maximum absolute atomic E-state index is 11.7. The SMILES string of the molecule is CCOCC(COc1ccc(NC(=O)CCSC)cc1)OCC. The van der Waals surface area contributed by atoms with E-state index in [1.54, 1.807) is 11.8 Å². The number of carbonyl (C=O) groups excluding carboxylic acids is 1. The highest BCUT2D eigenvalue weighted by Gasteiger charge is 2.10. The minimum absolute atomic E-state index is 0.0288. The quantitative estimate of drug-likeness (QED) is 0.633. The van der Waals surface area contributed by atoms with E-state index in [1.165, 1.54) is 0 Å². The lowest BCUT2D eigenvalue weighted by Crippen LogP contribution is -2.27. The molecule has 0 bridgehead atoms. The van der Waals surface area contributed by atoms with Gasteiger partial charge in [0.2, 0.25) is 5.91 Å². The molecule has 0 aliphatic rings. The zero-order chi connectivity index (χ0) is 16.9. The number of amides is 1. The van der Waals surface area contributed by atoms with Crippen LogP contribution in [0.3, 0.4) is 0 Å². The maximum Gasteiger partial charge on any atom is 0.225 e. The number of anilines is 1.